The molecule has 0 radical (unpaired) electrons. The van der Waals surface area contributed by atoms with Crippen LogP contribution in [0.25, 0.3) is 0 Å². The van der Waals surface area contributed by atoms with Crippen molar-refractivity contribution in [1.29, 1.82) is 0 Å². The lowest BCUT2D eigenvalue weighted by molar-refractivity contribution is 0.103. The number of rotatable bonds is 4. The van der Waals surface area contributed by atoms with Gasteiger partial charge in [0.1, 0.15) is 17.3 Å². The molecular weight excluding hydrogens is 278 g/mol. The van der Waals surface area contributed by atoms with Crippen molar-refractivity contribution in [2.24, 2.45) is 11.7 Å². The standard InChI is InChI=1S/C16H19N5O.3H2/c17-9-11-6-8-21(10-11)14-5-1-4-13(20-14)15(22)12-3-2-7-19-16(12)18;;;/h1-5,7,11H,6,8-10,17H2,(H2,18,19);3*1H. The number of nitrogens with zero attached hydrogens (tertiary/aromatic N) is 3. The summed E-state index contributed by atoms with van der Waals surface area (Å²) in [5.74, 6) is 1.32. The lowest BCUT2D eigenvalue weighted by Crippen LogP contribution is -2.24. The first-order valence-electron chi connectivity index (χ1n) is 7.36. The Kier molecular flexibility index (Phi) is 4.02. The number of aromatic nitrogens is 2. The molecule has 1 unspecified atom stereocenters. The van der Waals surface area contributed by atoms with Gasteiger partial charge < -0.3 is 16.4 Å². The second-order valence-electron chi connectivity index (χ2n) is 5.48. The van der Waals surface area contributed by atoms with E-state index >= 15 is 0 Å². The van der Waals surface area contributed by atoms with Gasteiger partial charge in [-0.1, -0.05) is 6.07 Å². The minimum absolute atomic E-state index is 0. The topological polar surface area (TPSA) is 98.1 Å². The summed E-state index contributed by atoms with van der Waals surface area (Å²) in [5, 5.41) is 0. The Labute approximate surface area is 133 Å². The summed E-state index contributed by atoms with van der Waals surface area (Å²) in [4.78, 5) is 23.1. The molecule has 6 heteroatoms. The molecule has 1 aliphatic rings. The third kappa shape index (κ3) is 2.78. The number of carbonyl (C=O) groups is 1. The van der Waals surface area contributed by atoms with Crippen LogP contribution < -0.4 is 16.4 Å². The number of hydrogen-bond acceptors (Lipinski definition) is 6. The smallest absolute Gasteiger partial charge is 0.215 e. The summed E-state index contributed by atoms with van der Waals surface area (Å²) in [5.41, 5.74) is 12.3. The molecule has 2 aromatic heterocycles. The van der Waals surface area contributed by atoms with Crippen LogP contribution in [0.2, 0.25) is 0 Å². The van der Waals surface area contributed by atoms with Gasteiger partial charge in [0, 0.05) is 23.6 Å². The molecule has 1 saturated heterocycles. The fourth-order valence-electron chi connectivity index (χ4n) is 2.71. The second kappa shape index (κ2) is 6.11. The van der Waals surface area contributed by atoms with Crippen molar-refractivity contribution >= 4 is 17.4 Å². The minimum Gasteiger partial charge on any atom is -0.383 e. The lowest BCUT2D eigenvalue weighted by Gasteiger charge is -2.17. The van der Waals surface area contributed by atoms with Gasteiger partial charge in [-0.25, -0.2) is 9.97 Å². The van der Waals surface area contributed by atoms with E-state index in [1.165, 1.54) is 0 Å². The quantitative estimate of drug-likeness (QED) is 0.836. The van der Waals surface area contributed by atoms with Crippen molar-refractivity contribution in [2.45, 2.75) is 6.42 Å². The molecule has 120 valence electrons. The molecule has 0 bridgehead atoms. The number of hydrogen-bond donors (Lipinski definition) is 2. The van der Waals surface area contributed by atoms with Crippen LogP contribution in [0.1, 0.15) is 26.8 Å². The summed E-state index contributed by atoms with van der Waals surface area (Å²) in [6.07, 6.45) is 2.62. The number of carbonyl (C=O) groups excluding carboxylic acids is 1. The van der Waals surface area contributed by atoms with Crippen molar-refractivity contribution in [3.63, 3.8) is 0 Å². The van der Waals surface area contributed by atoms with E-state index in [-0.39, 0.29) is 15.9 Å². The molecule has 4 N–H and O–H groups in total. The SMILES string of the molecule is NCC1CCN(c2cccc(C(=O)c3cccnc3N)n2)C1.[HH].[HH].[HH]. The fraction of sp³-hybridized carbons (Fsp3) is 0.312. The monoisotopic (exact) mass is 303 g/mol. The summed E-state index contributed by atoms with van der Waals surface area (Å²) in [6, 6.07) is 8.83. The van der Waals surface area contributed by atoms with Gasteiger partial charge in [-0.15, -0.1) is 0 Å². The zero-order chi connectivity index (χ0) is 15.5. The summed E-state index contributed by atoms with van der Waals surface area (Å²) < 4.78 is 0. The van der Waals surface area contributed by atoms with Crippen LogP contribution in [0, 0.1) is 5.92 Å². The number of pyridine rings is 2. The average Bonchev–Trinajstić information content (AvgIpc) is 3.04. The van der Waals surface area contributed by atoms with Crippen molar-refractivity contribution in [1.82, 2.24) is 9.97 Å². The van der Waals surface area contributed by atoms with E-state index in [0.29, 0.717) is 23.7 Å². The third-order valence-electron chi connectivity index (χ3n) is 3.99. The molecule has 0 aliphatic carbocycles. The predicted octanol–water partition coefficient (Wildman–Crippen LogP) is 1.81. The summed E-state index contributed by atoms with van der Waals surface area (Å²) in [7, 11) is 0. The van der Waals surface area contributed by atoms with Crippen molar-refractivity contribution in [3.05, 3.63) is 47.8 Å². The van der Waals surface area contributed by atoms with E-state index in [0.717, 1.165) is 25.3 Å². The van der Waals surface area contributed by atoms with Gasteiger partial charge in [-0.3, -0.25) is 4.79 Å². The maximum absolute atomic E-state index is 12.5. The number of ketones is 1. The number of nitrogen functional groups attached to an aromatic ring is 1. The molecule has 0 saturated carbocycles. The molecule has 22 heavy (non-hydrogen) atoms. The molecule has 0 amide bonds. The van der Waals surface area contributed by atoms with E-state index in [4.69, 9.17) is 11.5 Å². The predicted molar refractivity (Wildman–Crippen MR) is 92.0 cm³/mol. The Balaban J connectivity index is 0.00000192. The van der Waals surface area contributed by atoms with Gasteiger partial charge in [0.25, 0.3) is 0 Å². The number of anilines is 2. The third-order valence-corrected chi connectivity index (χ3v) is 3.99. The largest absolute Gasteiger partial charge is 0.383 e. The average molecular weight is 303 g/mol. The number of nitrogens with two attached hydrogens (primary N) is 2. The highest BCUT2D eigenvalue weighted by atomic mass is 16.1. The van der Waals surface area contributed by atoms with Crippen LogP contribution in [0.4, 0.5) is 11.6 Å². The normalized spacial score (nSPS) is 17.7. The molecule has 3 heterocycles. The van der Waals surface area contributed by atoms with Gasteiger partial charge in [-0.2, -0.15) is 0 Å². The van der Waals surface area contributed by atoms with Crippen LogP contribution in [-0.2, 0) is 0 Å². The zero-order valence-corrected chi connectivity index (χ0v) is 12.3. The Morgan fingerprint density at radius 1 is 1.36 bits per heavy atom. The molecule has 1 atom stereocenters. The van der Waals surface area contributed by atoms with E-state index < -0.39 is 0 Å². The van der Waals surface area contributed by atoms with Gasteiger partial charge in [-0.05, 0) is 43.1 Å². The molecule has 3 rings (SSSR count). The molecule has 1 fully saturated rings. The van der Waals surface area contributed by atoms with Gasteiger partial charge >= 0.3 is 0 Å². The van der Waals surface area contributed by atoms with Crippen LogP contribution in [0.3, 0.4) is 0 Å². The summed E-state index contributed by atoms with van der Waals surface area (Å²) >= 11 is 0. The Bertz CT molecular complexity index is 701. The van der Waals surface area contributed by atoms with Crippen molar-refractivity contribution in [3.8, 4) is 0 Å². The first kappa shape index (κ1) is 14.5. The van der Waals surface area contributed by atoms with Gasteiger partial charge in [0.15, 0.2) is 0 Å². The molecular formula is C16H25N5O. The molecule has 0 spiro atoms. The van der Waals surface area contributed by atoms with E-state index in [1.807, 2.05) is 12.1 Å². The Hall–Kier alpha value is -2.47. The maximum Gasteiger partial charge on any atom is 0.215 e. The highest BCUT2D eigenvalue weighted by Crippen LogP contribution is 2.22. The zero-order valence-electron chi connectivity index (χ0n) is 12.3. The molecule has 2 aromatic rings. The fourth-order valence-corrected chi connectivity index (χ4v) is 2.71. The first-order chi connectivity index (χ1) is 10.7. The van der Waals surface area contributed by atoms with Crippen LogP contribution >= 0.6 is 0 Å². The van der Waals surface area contributed by atoms with Gasteiger partial charge in [0.2, 0.25) is 5.78 Å². The maximum atomic E-state index is 12.5. The van der Waals surface area contributed by atoms with Crippen molar-refractivity contribution < 1.29 is 9.07 Å². The minimum atomic E-state index is -0.206. The first-order valence-corrected chi connectivity index (χ1v) is 7.36. The second-order valence-corrected chi connectivity index (χ2v) is 5.48. The molecule has 0 aromatic carbocycles. The summed E-state index contributed by atoms with van der Waals surface area (Å²) in [6.45, 7) is 2.49. The Morgan fingerprint density at radius 3 is 2.95 bits per heavy atom. The molecule has 6 nitrogen and oxygen atoms in total. The Morgan fingerprint density at radius 2 is 2.23 bits per heavy atom. The lowest BCUT2D eigenvalue weighted by atomic mass is 10.1. The van der Waals surface area contributed by atoms with E-state index in [9.17, 15) is 4.79 Å². The van der Waals surface area contributed by atoms with Gasteiger partial charge in [0.05, 0.1) is 5.56 Å². The van der Waals surface area contributed by atoms with Crippen LogP contribution in [0.5, 0.6) is 0 Å². The van der Waals surface area contributed by atoms with Crippen molar-refractivity contribution in [2.75, 3.05) is 30.3 Å². The van der Waals surface area contributed by atoms with Crippen LogP contribution in [-0.4, -0.2) is 35.4 Å². The highest BCUT2D eigenvalue weighted by molar-refractivity contribution is 6.10. The molecule has 1 aliphatic heterocycles. The highest BCUT2D eigenvalue weighted by Gasteiger charge is 2.23. The van der Waals surface area contributed by atoms with Crippen LogP contribution in [0.15, 0.2) is 36.5 Å². The van der Waals surface area contributed by atoms with E-state index in [2.05, 4.69) is 14.9 Å². The van der Waals surface area contributed by atoms with E-state index in [1.54, 1.807) is 24.4 Å².